The van der Waals surface area contributed by atoms with Gasteiger partial charge in [-0.3, -0.25) is 13.6 Å². The second kappa shape index (κ2) is 7.87. The third kappa shape index (κ3) is 3.42. The average Bonchev–Trinajstić information content (AvgIpc) is 3.08. The first-order chi connectivity index (χ1) is 12.5. The summed E-state index contributed by atoms with van der Waals surface area (Å²) in [5, 5.41) is 0.904. The van der Waals surface area contributed by atoms with E-state index in [9.17, 15) is 9.59 Å². The topological polar surface area (TPSA) is 47.2 Å². The van der Waals surface area contributed by atoms with E-state index in [0.29, 0.717) is 17.6 Å². The fourth-order valence-electron chi connectivity index (χ4n) is 3.03. The van der Waals surface area contributed by atoms with Crippen LogP contribution in [0.4, 0.5) is 0 Å². The first kappa shape index (κ1) is 19.0. The minimum Gasteiger partial charge on any atom is -0.345 e. The maximum Gasteiger partial charge on any atom is 0.276 e. The number of carbonyl (C=O) groups excluding carboxylic acids is 1. The molecule has 7 heteroatoms. The van der Waals surface area contributed by atoms with Crippen LogP contribution in [0.5, 0.6) is 0 Å². The summed E-state index contributed by atoms with van der Waals surface area (Å²) in [6.45, 7) is 2.72. The largest absolute Gasteiger partial charge is 0.345 e. The number of hydrogen-bond donors (Lipinski definition) is 0. The van der Waals surface area contributed by atoms with Crippen LogP contribution < -0.4 is 5.56 Å². The zero-order valence-corrected chi connectivity index (χ0v) is 17.9. The number of aromatic nitrogens is 2. The van der Waals surface area contributed by atoms with Gasteiger partial charge in [0.05, 0.1) is 0 Å². The van der Waals surface area contributed by atoms with Crippen LogP contribution >= 0.6 is 30.3 Å². The molecule has 0 aliphatic rings. The van der Waals surface area contributed by atoms with Gasteiger partial charge >= 0.3 is 0 Å². The fourth-order valence-corrected chi connectivity index (χ4v) is 4.37. The van der Waals surface area contributed by atoms with Crippen molar-refractivity contribution in [3.8, 4) is 11.1 Å². The second-order valence-electron chi connectivity index (χ2n) is 6.29. The van der Waals surface area contributed by atoms with E-state index >= 15 is 0 Å². The Balaban J connectivity index is 2.27. The molecule has 2 heterocycles. The second-order valence-corrected chi connectivity index (χ2v) is 8.01. The molecule has 0 aliphatic carbocycles. The van der Waals surface area contributed by atoms with Crippen LogP contribution in [-0.2, 0) is 6.54 Å². The number of aryl methyl sites for hydroxylation is 1. The summed E-state index contributed by atoms with van der Waals surface area (Å²) in [5.74, 6) is -0.0367. The van der Waals surface area contributed by atoms with Gasteiger partial charge in [0.1, 0.15) is 5.52 Å². The molecule has 0 N–H and O–H groups in total. The third-order valence-electron chi connectivity index (χ3n) is 4.26. The van der Waals surface area contributed by atoms with Crippen molar-refractivity contribution in [3.05, 3.63) is 58.6 Å². The van der Waals surface area contributed by atoms with Crippen LogP contribution in [0.3, 0.4) is 0 Å². The van der Waals surface area contributed by atoms with Crippen molar-refractivity contribution in [1.29, 1.82) is 0 Å². The number of fused-ring (bicyclic) bond motifs is 1. The van der Waals surface area contributed by atoms with E-state index in [1.807, 2.05) is 46.7 Å². The smallest absolute Gasteiger partial charge is 0.276 e. The Kier molecular flexibility index (Phi) is 5.76. The molecular formula is C19H20IN3O2S. The normalized spacial score (nSPS) is 11.1. The zero-order chi connectivity index (χ0) is 18.8. The first-order valence-electron chi connectivity index (χ1n) is 8.33. The summed E-state index contributed by atoms with van der Waals surface area (Å²) in [6, 6.07) is 9.55. The Hall–Kier alpha value is -1.74. The minimum absolute atomic E-state index is 0.0142. The quantitative estimate of drug-likeness (QED) is 0.507. The van der Waals surface area contributed by atoms with Crippen molar-refractivity contribution in [3.63, 3.8) is 0 Å². The summed E-state index contributed by atoms with van der Waals surface area (Å²) in [7, 11) is 4.96. The summed E-state index contributed by atoms with van der Waals surface area (Å²) < 4.78 is 3.66. The summed E-state index contributed by atoms with van der Waals surface area (Å²) >= 11 is 2.18. The highest BCUT2D eigenvalue weighted by atomic mass is 127. The van der Waals surface area contributed by atoms with Gasteiger partial charge in [0.25, 0.3) is 11.5 Å². The van der Waals surface area contributed by atoms with Gasteiger partial charge in [-0.25, -0.2) is 0 Å². The first-order valence-corrected chi connectivity index (χ1v) is 11.6. The Bertz CT molecular complexity index is 1020. The maximum absolute atomic E-state index is 12.9. The predicted molar refractivity (Wildman–Crippen MR) is 117 cm³/mol. The summed E-state index contributed by atoms with van der Waals surface area (Å²) in [6.07, 6.45) is 4.70. The molecule has 3 rings (SSSR count). The van der Waals surface area contributed by atoms with Crippen LogP contribution in [0, 0.1) is 0 Å². The van der Waals surface area contributed by atoms with Gasteiger partial charge in [0.2, 0.25) is 0 Å². The van der Waals surface area contributed by atoms with Crippen LogP contribution in [0.1, 0.15) is 23.7 Å². The lowest BCUT2D eigenvalue weighted by molar-refractivity contribution is 0.0827. The van der Waals surface area contributed by atoms with E-state index in [0.717, 1.165) is 22.9 Å². The summed E-state index contributed by atoms with van der Waals surface area (Å²) in [5.41, 5.74) is 3.23. The molecule has 0 spiro atoms. The molecular weight excluding hydrogens is 461 g/mol. The van der Waals surface area contributed by atoms with Crippen molar-refractivity contribution in [2.24, 2.45) is 0 Å². The van der Waals surface area contributed by atoms with Gasteiger partial charge in [-0.15, -0.1) is 0 Å². The number of nitrogens with zero attached hydrogens (tertiary/aromatic N) is 3. The molecule has 5 nitrogen and oxygen atoms in total. The molecule has 0 saturated carbocycles. The van der Waals surface area contributed by atoms with Gasteiger partial charge in [-0.2, -0.15) is 0 Å². The molecule has 0 bridgehead atoms. The standard InChI is InChI=1S/C19H20IN3O2S/c1-4-9-22-12-16(15-8-10-23(26-20)17(15)19(22)25)13-6-5-7-14(11-13)18(24)21(2)3/h5-8,10-12H,4,9H2,1-3H3. The number of amides is 1. The lowest BCUT2D eigenvalue weighted by atomic mass is 10.0. The van der Waals surface area contributed by atoms with Gasteiger partial charge in [0.15, 0.2) is 0 Å². The maximum atomic E-state index is 12.9. The van der Waals surface area contributed by atoms with Crippen molar-refractivity contribution in [1.82, 2.24) is 13.4 Å². The highest BCUT2D eigenvalue weighted by Gasteiger charge is 2.16. The molecule has 0 radical (unpaired) electrons. The molecule has 2 aromatic heterocycles. The van der Waals surface area contributed by atoms with Crippen molar-refractivity contribution in [2.45, 2.75) is 19.9 Å². The molecule has 0 aliphatic heterocycles. The average molecular weight is 481 g/mol. The van der Waals surface area contributed by atoms with Crippen molar-refractivity contribution < 1.29 is 4.79 Å². The number of benzene rings is 1. The zero-order valence-electron chi connectivity index (χ0n) is 14.9. The molecule has 26 heavy (non-hydrogen) atoms. The number of halogens is 1. The Morgan fingerprint density at radius 3 is 2.69 bits per heavy atom. The highest BCUT2D eigenvalue weighted by Crippen LogP contribution is 2.31. The minimum atomic E-state index is -0.0367. The molecule has 3 aromatic rings. The fraction of sp³-hybridized carbons (Fsp3) is 0.263. The SMILES string of the molecule is CCCn1cc(-c2cccc(C(=O)N(C)C)c2)c2ccn(SI)c2c1=O. The van der Waals surface area contributed by atoms with E-state index in [-0.39, 0.29) is 11.5 Å². The molecule has 1 amide bonds. The van der Waals surface area contributed by atoms with Gasteiger partial charge in [-0.05, 0) is 30.2 Å². The molecule has 0 fully saturated rings. The number of rotatable bonds is 5. The summed E-state index contributed by atoms with van der Waals surface area (Å²) in [4.78, 5) is 26.8. The third-order valence-corrected chi connectivity index (χ3v) is 5.98. The Morgan fingerprint density at radius 2 is 2.04 bits per heavy atom. The number of hydrogen-bond acceptors (Lipinski definition) is 3. The van der Waals surface area contributed by atoms with Gasteiger partial charge in [-0.1, -0.05) is 19.1 Å². The van der Waals surface area contributed by atoms with E-state index in [2.05, 4.69) is 28.1 Å². The number of pyridine rings is 1. The molecule has 1 aromatic carbocycles. The predicted octanol–water partition coefficient (Wildman–Crippen LogP) is 4.43. The van der Waals surface area contributed by atoms with E-state index in [4.69, 9.17) is 0 Å². The number of carbonyl (C=O) groups is 1. The van der Waals surface area contributed by atoms with Crippen LogP contribution in [-0.4, -0.2) is 33.4 Å². The van der Waals surface area contributed by atoms with Gasteiger partial charge < -0.3 is 9.47 Å². The lowest BCUT2D eigenvalue weighted by Gasteiger charge is -2.13. The molecule has 0 saturated heterocycles. The monoisotopic (exact) mass is 481 g/mol. The van der Waals surface area contributed by atoms with E-state index in [1.54, 1.807) is 23.6 Å². The van der Waals surface area contributed by atoms with Gasteiger partial charge in [0, 0.05) is 79.9 Å². The highest BCUT2D eigenvalue weighted by molar-refractivity contribution is 14.2. The van der Waals surface area contributed by atoms with Crippen molar-refractivity contribution in [2.75, 3.05) is 14.1 Å². The van der Waals surface area contributed by atoms with E-state index < -0.39 is 0 Å². The molecule has 0 atom stereocenters. The Morgan fingerprint density at radius 1 is 1.27 bits per heavy atom. The Labute approximate surface area is 168 Å². The van der Waals surface area contributed by atoms with E-state index in [1.165, 1.54) is 9.12 Å². The van der Waals surface area contributed by atoms with Crippen LogP contribution in [0.15, 0.2) is 47.5 Å². The van der Waals surface area contributed by atoms with Crippen LogP contribution in [0.2, 0.25) is 0 Å². The lowest BCUT2D eigenvalue weighted by Crippen LogP contribution is -2.22. The molecule has 136 valence electrons. The van der Waals surface area contributed by atoms with Crippen LogP contribution in [0.25, 0.3) is 22.0 Å². The van der Waals surface area contributed by atoms with Crippen molar-refractivity contribution >= 4 is 47.1 Å². The molecule has 0 unspecified atom stereocenters.